The molecular weight excluding hydrogens is 446 g/mol. The Bertz CT molecular complexity index is 1350. The number of nitrogens with one attached hydrogen (secondary N) is 2. The normalized spacial score (nSPS) is 11.3. The molecule has 0 atom stereocenters. The fraction of sp³-hybridized carbons (Fsp3) is 0.0833. The Kier molecular flexibility index (Phi) is 6.12. The van der Waals surface area contributed by atoms with E-state index in [2.05, 4.69) is 15.3 Å². The topological polar surface area (TPSA) is 91.9 Å². The number of benzene rings is 3. The number of H-pyrrole nitrogens is 1. The first-order valence-electron chi connectivity index (χ1n) is 9.82. The average molecular weight is 466 g/mol. The van der Waals surface area contributed by atoms with Gasteiger partial charge in [0.2, 0.25) is 15.7 Å². The lowest BCUT2D eigenvalue weighted by Crippen LogP contribution is -2.23. The van der Waals surface area contributed by atoms with Crippen LogP contribution in [0.1, 0.15) is 5.56 Å². The number of hydrogen-bond donors (Lipinski definition) is 2. The molecule has 0 saturated carbocycles. The van der Waals surface area contributed by atoms with Crippen LogP contribution in [0.3, 0.4) is 0 Å². The van der Waals surface area contributed by atoms with E-state index < -0.39 is 21.5 Å². The Labute approximate surface area is 191 Å². The van der Waals surface area contributed by atoms with E-state index in [0.29, 0.717) is 22.1 Å². The summed E-state index contributed by atoms with van der Waals surface area (Å²) in [6, 6.07) is 23.1. The fourth-order valence-electron chi connectivity index (χ4n) is 3.20. The number of carbonyl (C=O) groups excluding carboxylic acids is 1. The van der Waals surface area contributed by atoms with Gasteiger partial charge in [-0.05, 0) is 31.2 Å². The summed E-state index contributed by atoms with van der Waals surface area (Å²) >= 11 is 5.85. The molecule has 6 nitrogen and oxygen atoms in total. The Morgan fingerprint density at radius 1 is 0.938 bits per heavy atom. The van der Waals surface area contributed by atoms with Crippen molar-refractivity contribution >= 4 is 33.0 Å². The predicted molar refractivity (Wildman–Crippen MR) is 126 cm³/mol. The molecule has 2 N–H and O–H groups in total. The second-order valence-corrected chi connectivity index (χ2v) is 9.67. The van der Waals surface area contributed by atoms with E-state index in [-0.39, 0.29) is 10.7 Å². The smallest absolute Gasteiger partial charge is 0.240 e. The lowest BCUT2D eigenvalue weighted by atomic mass is 10.1. The van der Waals surface area contributed by atoms with Crippen molar-refractivity contribution in [3.8, 4) is 22.6 Å². The van der Waals surface area contributed by atoms with Crippen molar-refractivity contribution in [2.45, 2.75) is 11.9 Å². The first-order chi connectivity index (χ1) is 15.3. The van der Waals surface area contributed by atoms with Gasteiger partial charge in [-0.25, -0.2) is 13.4 Å². The van der Waals surface area contributed by atoms with Gasteiger partial charge in [-0.3, -0.25) is 4.79 Å². The molecule has 3 aromatic carbocycles. The maximum atomic E-state index is 13.2. The van der Waals surface area contributed by atoms with E-state index in [1.54, 1.807) is 24.3 Å². The molecule has 162 valence electrons. The standard InChI is InChI=1S/C24H20ClN3O3S/c1-16-7-9-17(10-8-16)22-24(28-23(27-22)18-5-3-2-4-6-18)32(30,31)15-21(29)26-20-13-11-19(25)12-14-20/h2-14H,15H2,1H3,(H,26,29)(H,27,28). The van der Waals surface area contributed by atoms with Crippen LogP contribution in [0, 0.1) is 6.92 Å². The van der Waals surface area contributed by atoms with Gasteiger partial charge in [0.1, 0.15) is 17.3 Å². The highest BCUT2D eigenvalue weighted by molar-refractivity contribution is 7.92. The minimum atomic E-state index is -4.02. The Balaban J connectivity index is 1.69. The maximum Gasteiger partial charge on any atom is 0.240 e. The van der Waals surface area contributed by atoms with Crippen LogP contribution in [-0.4, -0.2) is 30.0 Å². The summed E-state index contributed by atoms with van der Waals surface area (Å²) in [4.78, 5) is 20.0. The first-order valence-corrected chi connectivity index (χ1v) is 11.9. The van der Waals surface area contributed by atoms with E-state index >= 15 is 0 Å². The largest absolute Gasteiger partial charge is 0.329 e. The van der Waals surface area contributed by atoms with E-state index in [1.165, 1.54) is 0 Å². The molecule has 0 aliphatic heterocycles. The summed E-state index contributed by atoms with van der Waals surface area (Å²) in [5.74, 6) is -0.971. The Morgan fingerprint density at radius 3 is 2.25 bits per heavy atom. The molecule has 0 spiro atoms. The van der Waals surface area contributed by atoms with Crippen molar-refractivity contribution < 1.29 is 13.2 Å². The summed E-state index contributed by atoms with van der Waals surface area (Å²) in [6.07, 6.45) is 0. The molecule has 4 rings (SSSR count). The molecule has 8 heteroatoms. The highest BCUT2D eigenvalue weighted by atomic mass is 35.5. The van der Waals surface area contributed by atoms with Gasteiger partial charge < -0.3 is 10.3 Å². The van der Waals surface area contributed by atoms with Crippen LogP contribution in [0.15, 0.2) is 83.9 Å². The minimum Gasteiger partial charge on any atom is -0.329 e. The van der Waals surface area contributed by atoms with Crippen molar-refractivity contribution in [1.29, 1.82) is 0 Å². The summed E-state index contributed by atoms with van der Waals surface area (Å²) in [5, 5.41) is 3.02. The van der Waals surface area contributed by atoms with Gasteiger partial charge in [0.15, 0.2) is 5.03 Å². The number of imidazole rings is 1. The maximum absolute atomic E-state index is 13.2. The zero-order valence-electron chi connectivity index (χ0n) is 17.2. The van der Waals surface area contributed by atoms with E-state index in [0.717, 1.165) is 11.1 Å². The molecule has 32 heavy (non-hydrogen) atoms. The summed E-state index contributed by atoms with van der Waals surface area (Å²) in [5.41, 5.74) is 3.17. The van der Waals surface area contributed by atoms with E-state index in [9.17, 15) is 13.2 Å². The number of aryl methyl sites for hydroxylation is 1. The van der Waals surface area contributed by atoms with Crippen molar-refractivity contribution in [1.82, 2.24) is 9.97 Å². The number of halogens is 1. The third-order valence-electron chi connectivity index (χ3n) is 4.80. The molecule has 0 aliphatic rings. The van der Waals surface area contributed by atoms with Crippen molar-refractivity contribution in [3.05, 3.63) is 89.4 Å². The third-order valence-corrected chi connectivity index (χ3v) is 6.61. The number of aromatic amines is 1. The summed E-state index contributed by atoms with van der Waals surface area (Å²) < 4.78 is 26.5. The van der Waals surface area contributed by atoms with E-state index in [1.807, 2.05) is 61.5 Å². The second-order valence-electron chi connectivity index (χ2n) is 7.31. The van der Waals surface area contributed by atoms with Crippen LogP contribution in [0.5, 0.6) is 0 Å². The molecule has 0 fully saturated rings. The van der Waals surface area contributed by atoms with Gasteiger partial charge in [0.05, 0.1) is 0 Å². The van der Waals surface area contributed by atoms with Crippen LogP contribution < -0.4 is 5.32 Å². The molecule has 0 saturated heterocycles. The Hall–Kier alpha value is -3.42. The van der Waals surface area contributed by atoms with Gasteiger partial charge in [0, 0.05) is 21.8 Å². The highest BCUT2D eigenvalue weighted by Crippen LogP contribution is 2.30. The molecule has 4 aromatic rings. The van der Waals surface area contributed by atoms with Crippen molar-refractivity contribution in [3.63, 3.8) is 0 Å². The van der Waals surface area contributed by atoms with Gasteiger partial charge in [-0.15, -0.1) is 0 Å². The summed E-state index contributed by atoms with van der Waals surface area (Å²) in [7, 11) is -4.02. The van der Waals surface area contributed by atoms with Crippen LogP contribution in [0.4, 0.5) is 5.69 Å². The van der Waals surface area contributed by atoms with Gasteiger partial charge in [-0.1, -0.05) is 71.8 Å². The molecule has 0 unspecified atom stereocenters. The number of sulfone groups is 1. The number of carbonyl (C=O) groups is 1. The number of amides is 1. The average Bonchev–Trinajstić information content (AvgIpc) is 3.23. The van der Waals surface area contributed by atoms with Crippen LogP contribution >= 0.6 is 11.6 Å². The van der Waals surface area contributed by atoms with Gasteiger partial charge in [-0.2, -0.15) is 0 Å². The van der Waals surface area contributed by atoms with Crippen molar-refractivity contribution in [2.75, 3.05) is 11.1 Å². The number of hydrogen-bond acceptors (Lipinski definition) is 4. The number of rotatable bonds is 6. The first kappa shape index (κ1) is 21.8. The van der Waals surface area contributed by atoms with Gasteiger partial charge >= 0.3 is 0 Å². The molecule has 0 bridgehead atoms. The SMILES string of the molecule is Cc1ccc(-c2nc(-c3ccccc3)[nH]c2S(=O)(=O)CC(=O)Nc2ccc(Cl)cc2)cc1. The van der Waals surface area contributed by atoms with Crippen LogP contribution in [0.25, 0.3) is 22.6 Å². The monoisotopic (exact) mass is 465 g/mol. The molecular formula is C24H20ClN3O3S. The Morgan fingerprint density at radius 2 is 1.59 bits per heavy atom. The molecule has 1 heterocycles. The number of anilines is 1. The molecule has 1 aromatic heterocycles. The molecule has 0 aliphatic carbocycles. The van der Waals surface area contributed by atoms with E-state index in [4.69, 9.17) is 11.6 Å². The molecule has 0 radical (unpaired) electrons. The highest BCUT2D eigenvalue weighted by Gasteiger charge is 2.27. The van der Waals surface area contributed by atoms with Gasteiger partial charge in [0.25, 0.3) is 0 Å². The zero-order chi connectivity index (χ0) is 22.7. The quantitative estimate of drug-likeness (QED) is 0.413. The minimum absolute atomic E-state index is 0.0912. The van der Waals surface area contributed by atoms with Crippen molar-refractivity contribution in [2.24, 2.45) is 0 Å². The predicted octanol–water partition coefficient (Wildman–Crippen LogP) is 5.12. The third kappa shape index (κ3) is 4.90. The number of aromatic nitrogens is 2. The van der Waals surface area contributed by atoms with Crippen LogP contribution in [-0.2, 0) is 14.6 Å². The second kappa shape index (κ2) is 8.98. The summed E-state index contributed by atoms with van der Waals surface area (Å²) in [6.45, 7) is 1.95. The van der Waals surface area contributed by atoms with Crippen LogP contribution in [0.2, 0.25) is 5.02 Å². The fourth-order valence-corrected chi connectivity index (χ4v) is 4.60. The lowest BCUT2D eigenvalue weighted by Gasteiger charge is -2.07. The lowest BCUT2D eigenvalue weighted by molar-refractivity contribution is -0.113. The zero-order valence-corrected chi connectivity index (χ0v) is 18.7. The number of nitrogens with zero attached hydrogens (tertiary/aromatic N) is 1. The molecule has 1 amide bonds.